The highest BCUT2D eigenvalue weighted by Crippen LogP contribution is 2.29. The van der Waals surface area contributed by atoms with E-state index in [9.17, 15) is 4.79 Å². The highest BCUT2D eigenvalue weighted by atomic mass is 16.5. The third-order valence-corrected chi connectivity index (χ3v) is 4.93. The highest BCUT2D eigenvalue weighted by molar-refractivity contribution is 5.96. The molecule has 0 saturated heterocycles. The lowest BCUT2D eigenvalue weighted by Crippen LogP contribution is -2.41. The first kappa shape index (κ1) is 18.3. The van der Waals surface area contributed by atoms with Crippen LogP contribution in [0.4, 0.5) is 0 Å². The molecule has 0 fully saturated rings. The standard InChI is InChI=1S/C21H26N2O3/c1-15(17-8-9-19(25-2)20(14-17)26-3)22-11-13-23-12-10-16-6-4-5-7-18(16)21(23)24/h4-9,14-15,22H,10-13H2,1-3H3. The van der Waals surface area contributed by atoms with Gasteiger partial charge in [0, 0.05) is 31.2 Å². The number of amides is 1. The lowest BCUT2D eigenvalue weighted by Gasteiger charge is -2.29. The van der Waals surface area contributed by atoms with Gasteiger partial charge < -0.3 is 19.7 Å². The Labute approximate surface area is 154 Å². The van der Waals surface area contributed by atoms with Crippen LogP contribution in [0, 0.1) is 0 Å². The maximum atomic E-state index is 12.6. The average Bonchev–Trinajstić information content (AvgIpc) is 2.69. The molecule has 1 heterocycles. The quantitative estimate of drug-likeness (QED) is 0.830. The number of methoxy groups -OCH3 is 2. The summed E-state index contributed by atoms with van der Waals surface area (Å²) in [5.41, 5.74) is 3.12. The van der Waals surface area contributed by atoms with E-state index in [1.165, 1.54) is 0 Å². The van der Waals surface area contributed by atoms with Crippen molar-refractivity contribution >= 4 is 5.91 Å². The van der Waals surface area contributed by atoms with Crippen molar-refractivity contribution in [1.82, 2.24) is 10.2 Å². The molecule has 1 atom stereocenters. The van der Waals surface area contributed by atoms with Crippen molar-refractivity contribution in [2.45, 2.75) is 19.4 Å². The van der Waals surface area contributed by atoms with Crippen LogP contribution >= 0.6 is 0 Å². The van der Waals surface area contributed by atoms with Crippen LogP contribution in [0.3, 0.4) is 0 Å². The minimum Gasteiger partial charge on any atom is -0.493 e. The SMILES string of the molecule is COc1ccc(C(C)NCCN2CCc3ccccc3C2=O)cc1OC. The van der Waals surface area contributed by atoms with E-state index in [2.05, 4.69) is 12.2 Å². The first-order valence-electron chi connectivity index (χ1n) is 8.96. The topological polar surface area (TPSA) is 50.8 Å². The van der Waals surface area contributed by atoms with E-state index >= 15 is 0 Å². The zero-order valence-electron chi connectivity index (χ0n) is 15.6. The number of nitrogens with zero attached hydrogens (tertiary/aromatic N) is 1. The zero-order chi connectivity index (χ0) is 18.5. The van der Waals surface area contributed by atoms with Gasteiger partial charge in [0.15, 0.2) is 11.5 Å². The lowest BCUT2D eigenvalue weighted by molar-refractivity contribution is 0.0740. The van der Waals surface area contributed by atoms with Crippen LogP contribution in [0.15, 0.2) is 42.5 Å². The van der Waals surface area contributed by atoms with E-state index in [0.717, 1.165) is 47.7 Å². The van der Waals surface area contributed by atoms with Crippen molar-refractivity contribution in [3.63, 3.8) is 0 Å². The van der Waals surface area contributed by atoms with Crippen molar-refractivity contribution < 1.29 is 14.3 Å². The maximum absolute atomic E-state index is 12.6. The Morgan fingerprint density at radius 3 is 2.65 bits per heavy atom. The molecule has 1 N–H and O–H groups in total. The Morgan fingerprint density at radius 2 is 1.88 bits per heavy atom. The van der Waals surface area contributed by atoms with Gasteiger partial charge in [0.05, 0.1) is 14.2 Å². The van der Waals surface area contributed by atoms with Gasteiger partial charge in [0.2, 0.25) is 0 Å². The summed E-state index contributed by atoms with van der Waals surface area (Å²) in [6.45, 7) is 4.32. The molecule has 2 aromatic rings. The Bertz CT molecular complexity index is 776. The molecule has 1 unspecified atom stereocenters. The van der Waals surface area contributed by atoms with Crippen LogP contribution in [0.1, 0.15) is 34.5 Å². The fraction of sp³-hybridized carbons (Fsp3) is 0.381. The fourth-order valence-electron chi connectivity index (χ4n) is 3.34. The summed E-state index contributed by atoms with van der Waals surface area (Å²) in [5, 5.41) is 3.49. The molecule has 3 rings (SSSR count). The molecule has 0 aromatic heterocycles. The molecule has 5 nitrogen and oxygen atoms in total. The Balaban J connectivity index is 1.56. The number of nitrogens with one attached hydrogen (secondary N) is 1. The van der Waals surface area contributed by atoms with E-state index in [0.29, 0.717) is 6.54 Å². The van der Waals surface area contributed by atoms with Gasteiger partial charge in [-0.1, -0.05) is 24.3 Å². The zero-order valence-corrected chi connectivity index (χ0v) is 15.6. The molecular formula is C21H26N2O3. The molecule has 0 radical (unpaired) electrons. The Morgan fingerprint density at radius 1 is 1.12 bits per heavy atom. The van der Waals surface area contributed by atoms with Crippen molar-refractivity contribution in [3.8, 4) is 11.5 Å². The third kappa shape index (κ3) is 3.83. The van der Waals surface area contributed by atoms with E-state index in [1.54, 1.807) is 14.2 Å². The molecule has 0 saturated carbocycles. The van der Waals surface area contributed by atoms with Crippen LogP contribution in [0.5, 0.6) is 11.5 Å². The minimum absolute atomic E-state index is 0.132. The summed E-state index contributed by atoms with van der Waals surface area (Å²) < 4.78 is 10.7. The predicted octanol–water partition coefficient (Wildman–Crippen LogP) is 3.05. The first-order chi connectivity index (χ1) is 12.6. The van der Waals surface area contributed by atoms with E-state index < -0.39 is 0 Å². The molecule has 0 aliphatic carbocycles. The molecule has 1 aliphatic heterocycles. The van der Waals surface area contributed by atoms with Gasteiger partial charge in [-0.05, 0) is 42.7 Å². The largest absolute Gasteiger partial charge is 0.493 e. The van der Waals surface area contributed by atoms with Crippen LogP contribution in [0.25, 0.3) is 0 Å². The van der Waals surface area contributed by atoms with Crippen LogP contribution in [-0.2, 0) is 6.42 Å². The summed E-state index contributed by atoms with van der Waals surface area (Å²) in [5.74, 6) is 1.58. The molecule has 1 aliphatic rings. The summed E-state index contributed by atoms with van der Waals surface area (Å²) in [4.78, 5) is 14.5. The average molecular weight is 354 g/mol. The summed E-state index contributed by atoms with van der Waals surface area (Å²) in [6.07, 6.45) is 0.924. The van der Waals surface area contributed by atoms with Gasteiger partial charge in [-0.15, -0.1) is 0 Å². The number of carbonyl (C=O) groups is 1. The highest BCUT2D eigenvalue weighted by Gasteiger charge is 2.23. The van der Waals surface area contributed by atoms with Crippen molar-refractivity contribution in [2.75, 3.05) is 33.9 Å². The molecule has 5 heteroatoms. The molecular weight excluding hydrogens is 328 g/mol. The van der Waals surface area contributed by atoms with E-state index in [-0.39, 0.29) is 11.9 Å². The number of rotatable bonds is 7. The van der Waals surface area contributed by atoms with Crippen molar-refractivity contribution in [3.05, 3.63) is 59.2 Å². The summed E-state index contributed by atoms with van der Waals surface area (Å²) >= 11 is 0. The molecule has 2 aromatic carbocycles. The van der Waals surface area contributed by atoms with Gasteiger partial charge in [-0.25, -0.2) is 0 Å². The number of hydrogen-bond acceptors (Lipinski definition) is 4. The first-order valence-corrected chi connectivity index (χ1v) is 8.96. The van der Waals surface area contributed by atoms with Crippen molar-refractivity contribution in [1.29, 1.82) is 0 Å². The Kier molecular flexibility index (Phi) is 5.78. The molecule has 138 valence electrons. The van der Waals surface area contributed by atoms with Gasteiger partial charge in [-0.3, -0.25) is 4.79 Å². The smallest absolute Gasteiger partial charge is 0.254 e. The predicted molar refractivity (Wildman–Crippen MR) is 102 cm³/mol. The van der Waals surface area contributed by atoms with Gasteiger partial charge in [-0.2, -0.15) is 0 Å². The molecule has 0 spiro atoms. The number of ether oxygens (including phenoxy) is 2. The van der Waals surface area contributed by atoms with Gasteiger partial charge >= 0.3 is 0 Å². The maximum Gasteiger partial charge on any atom is 0.254 e. The number of fused-ring (bicyclic) bond motifs is 1. The number of hydrogen-bond donors (Lipinski definition) is 1. The molecule has 26 heavy (non-hydrogen) atoms. The van der Waals surface area contributed by atoms with Crippen LogP contribution < -0.4 is 14.8 Å². The van der Waals surface area contributed by atoms with Gasteiger partial charge in [0.1, 0.15) is 0 Å². The second-order valence-corrected chi connectivity index (χ2v) is 6.49. The molecule has 0 bridgehead atoms. The van der Waals surface area contributed by atoms with E-state index in [4.69, 9.17) is 9.47 Å². The summed E-state index contributed by atoms with van der Waals surface area (Å²) in [6, 6.07) is 14.0. The number of benzene rings is 2. The van der Waals surface area contributed by atoms with E-state index in [1.807, 2.05) is 47.4 Å². The van der Waals surface area contributed by atoms with Crippen LogP contribution in [-0.4, -0.2) is 44.7 Å². The fourth-order valence-corrected chi connectivity index (χ4v) is 3.34. The normalized spacial score (nSPS) is 14.7. The monoisotopic (exact) mass is 354 g/mol. The second-order valence-electron chi connectivity index (χ2n) is 6.49. The van der Waals surface area contributed by atoms with Crippen molar-refractivity contribution in [2.24, 2.45) is 0 Å². The van der Waals surface area contributed by atoms with Crippen LogP contribution in [0.2, 0.25) is 0 Å². The number of carbonyl (C=O) groups excluding carboxylic acids is 1. The summed E-state index contributed by atoms with van der Waals surface area (Å²) in [7, 11) is 3.27. The lowest BCUT2D eigenvalue weighted by atomic mass is 9.99. The second kappa shape index (κ2) is 8.23. The Hall–Kier alpha value is -2.53. The third-order valence-electron chi connectivity index (χ3n) is 4.93. The molecule has 1 amide bonds. The minimum atomic E-state index is 0.132. The van der Waals surface area contributed by atoms with Gasteiger partial charge in [0.25, 0.3) is 5.91 Å².